The first kappa shape index (κ1) is 28.7. The number of furan rings is 1. The summed E-state index contributed by atoms with van der Waals surface area (Å²) < 4.78 is 6.53. The van der Waals surface area contributed by atoms with Crippen LogP contribution in [0.1, 0.15) is 106 Å². The highest BCUT2D eigenvalue weighted by atomic mass is 16.3. The Kier molecular flexibility index (Phi) is 6.49. The summed E-state index contributed by atoms with van der Waals surface area (Å²) in [6.07, 6.45) is 12.2. The van der Waals surface area contributed by atoms with Crippen molar-refractivity contribution in [1.29, 1.82) is 0 Å². The number of rotatable bonds is 5. The van der Waals surface area contributed by atoms with Crippen molar-refractivity contribution in [3.05, 3.63) is 125 Å². The lowest BCUT2D eigenvalue weighted by molar-refractivity contribution is 0.420. The molecule has 0 N–H and O–H groups in total. The first-order valence-electron chi connectivity index (χ1n) is 18.6. The van der Waals surface area contributed by atoms with Gasteiger partial charge in [0, 0.05) is 33.2 Å². The van der Waals surface area contributed by atoms with Crippen molar-refractivity contribution < 1.29 is 4.42 Å². The third-order valence-corrected chi connectivity index (χ3v) is 13.0. The number of fused-ring (bicyclic) bond motifs is 8. The van der Waals surface area contributed by atoms with E-state index in [-0.39, 0.29) is 5.41 Å². The Morgan fingerprint density at radius 3 is 2.21 bits per heavy atom. The minimum absolute atomic E-state index is 0.0567. The predicted molar refractivity (Wildman–Crippen MR) is 200 cm³/mol. The van der Waals surface area contributed by atoms with E-state index < -0.39 is 0 Å². The molecule has 4 aliphatic rings. The first-order chi connectivity index (χ1) is 23.5. The van der Waals surface area contributed by atoms with Crippen LogP contribution in [0.25, 0.3) is 33.1 Å². The molecular weight excluding hydrogens is 583 g/mol. The fourth-order valence-electron chi connectivity index (χ4n) is 10.5. The number of hydrogen-bond acceptors (Lipinski definition) is 2. The van der Waals surface area contributed by atoms with Crippen molar-refractivity contribution in [2.45, 2.75) is 88.9 Å². The molecule has 10 rings (SSSR count). The van der Waals surface area contributed by atoms with Crippen molar-refractivity contribution in [3.63, 3.8) is 0 Å². The van der Waals surface area contributed by atoms with Gasteiger partial charge < -0.3 is 9.32 Å². The maximum atomic E-state index is 6.53. The van der Waals surface area contributed by atoms with Crippen LogP contribution in [0.5, 0.6) is 0 Å². The molecule has 3 atom stereocenters. The number of nitrogens with zero attached hydrogens (tertiary/aromatic N) is 1. The molecule has 240 valence electrons. The zero-order chi connectivity index (χ0) is 32.0. The van der Waals surface area contributed by atoms with Gasteiger partial charge in [-0.15, -0.1) is 0 Å². The van der Waals surface area contributed by atoms with Crippen molar-refractivity contribution in [3.8, 4) is 11.1 Å². The fourth-order valence-corrected chi connectivity index (χ4v) is 10.5. The van der Waals surface area contributed by atoms with Gasteiger partial charge in [0.25, 0.3) is 0 Å². The van der Waals surface area contributed by atoms with E-state index in [0.29, 0.717) is 5.92 Å². The lowest BCUT2D eigenvalue weighted by Crippen LogP contribution is -2.16. The molecule has 2 nitrogen and oxygen atoms in total. The average Bonchev–Trinajstić information content (AvgIpc) is 3.91. The van der Waals surface area contributed by atoms with E-state index in [9.17, 15) is 0 Å². The van der Waals surface area contributed by atoms with E-state index in [1.807, 2.05) is 0 Å². The number of hydrogen-bond donors (Lipinski definition) is 0. The van der Waals surface area contributed by atoms with Crippen LogP contribution in [0.2, 0.25) is 0 Å². The van der Waals surface area contributed by atoms with Gasteiger partial charge in [0.15, 0.2) is 0 Å². The largest absolute Gasteiger partial charge is 0.456 e. The normalized spacial score (nSPS) is 22.8. The molecule has 6 aromatic rings. The minimum atomic E-state index is -0.0567. The highest BCUT2D eigenvalue weighted by Crippen LogP contribution is 2.54. The van der Waals surface area contributed by atoms with Gasteiger partial charge in [0.2, 0.25) is 0 Å². The third kappa shape index (κ3) is 4.37. The Labute approximate surface area is 284 Å². The summed E-state index contributed by atoms with van der Waals surface area (Å²) in [5.41, 5.74) is 14.1. The van der Waals surface area contributed by atoms with Gasteiger partial charge in [-0.2, -0.15) is 0 Å². The molecule has 3 saturated carbocycles. The Hall–Kier alpha value is -4.30. The molecular formula is C46H45NO. The number of anilines is 3. The zero-order valence-electron chi connectivity index (χ0n) is 28.3. The summed E-state index contributed by atoms with van der Waals surface area (Å²) in [5, 5.41) is 2.56. The van der Waals surface area contributed by atoms with Crippen LogP contribution >= 0.6 is 0 Å². The standard InChI is InChI=1S/C46H45NO/c1-46(2)41-13-7-6-11-37(41)38-23-21-35(28-42(38)46)47(33-19-17-31(18-20-33)39-26-29-15-16-32(39)25-29)34-22-24-43-40(27-34)45-36(12-8-14-44(45)48-43)30-9-4-3-5-10-30/h6-8,11-14,17-24,27-30,32,39H,3-5,9-10,15-16,25-26H2,1-2H3. The summed E-state index contributed by atoms with van der Waals surface area (Å²) in [6.45, 7) is 4.76. The highest BCUT2D eigenvalue weighted by Gasteiger charge is 2.40. The molecule has 1 aromatic heterocycles. The Morgan fingerprint density at radius 1 is 0.625 bits per heavy atom. The van der Waals surface area contributed by atoms with E-state index in [1.165, 1.54) is 119 Å². The summed E-state index contributed by atoms with van der Waals surface area (Å²) in [4.78, 5) is 2.49. The van der Waals surface area contributed by atoms with Crippen LogP contribution in [-0.4, -0.2) is 0 Å². The molecule has 48 heavy (non-hydrogen) atoms. The summed E-state index contributed by atoms with van der Waals surface area (Å²) in [7, 11) is 0. The van der Waals surface area contributed by atoms with Gasteiger partial charge >= 0.3 is 0 Å². The monoisotopic (exact) mass is 627 g/mol. The van der Waals surface area contributed by atoms with E-state index in [0.717, 1.165) is 28.9 Å². The van der Waals surface area contributed by atoms with Crippen LogP contribution in [-0.2, 0) is 5.41 Å². The molecule has 4 aliphatic carbocycles. The Morgan fingerprint density at radius 2 is 1.40 bits per heavy atom. The molecule has 0 amide bonds. The zero-order valence-corrected chi connectivity index (χ0v) is 28.3. The smallest absolute Gasteiger partial charge is 0.135 e. The lowest BCUT2D eigenvalue weighted by Gasteiger charge is -2.29. The van der Waals surface area contributed by atoms with Crippen LogP contribution in [0.4, 0.5) is 17.1 Å². The second-order valence-corrected chi connectivity index (χ2v) is 15.9. The molecule has 0 saturated heterocycles. The lowest BCUT2D eigenvalue weighted by atomic mass is 9.82. The molecule has 1 heterocycles. The summed E-state index contributed by atoms with van der Waals surface area (Å²) >= 11 is 0. The van der Waals surface area contributed by atoms with E-state index >= 15 is 0 Å². The van der Waals surface area contributed by atoms with E-state index in [4.69, 9.17) is 4.42 Å². The maximum absolute atomic E-state index is 6.53. The molecule has 0 spiro atoms. The van der Waals surface area contributed by atoms with Crippen molar-refractivity contribution >= 4 is 39.0 Å². The van der Waals surface area contributed by atoms with Crippen LogP contribution < -0.4 is 4.90 Å². The molecule has 2 bridgehead atoms. The molecule has 2 heteroatoms. The summed E-state index contributed by atoms with van der Waals surface area (Å²) in [6, 6.07) is 39.4. The quantitative estimate of drug-likeness (QED) is 0.189. The van der Waals surface area contributed by atoms with Crippen LogP contribution in [0.3, 0.4) is 0 Å². The maximum Gasteiger partial charge on any atom is 0.135 e. The Bertz CT molecular complexity index is 2180. The van der Waals surface area contributed by atoms with Gasteiger partial charge in [-0.05, 0) is 138 Å². The van der Waals surface area contributed by atoms with Crippen LogP contribution in [0, 0.1) is 11.8 Å². The van der Waals surface area contributed by atoms with Crippen molar-refractivity contribution in [2.24, 2.45) is 11.8 Å². The van der Waals surface area contributed by atoms with Gasteiger partial charge in [-0.1, -0.05) is 94.1 Å². The summed E-state index contributed by atoms with van der Waals surface area (Å²) in [5.74, 6) is 3.18. The molecule has 0 aliphatic heterocycles. The topological polar surface area (TPSA) is 16.4 Å². The van der Waals surface area contributed by atoms with E-state index in [1.54, 1.807) is 0 Å². The average molecular weight is 628 g/mol. The second kappa shape index (κ2) is 10.9. The molecule has 3 fully saturated rings. The predicted octanol–water partition coefficient (Wildman–Crippen LogP) is 13.3. The third-order valence-electron chi connectivity index (χ3n) is 13.0. The van der Waals surface area contributed by atoms with Crippen LogP contribution in [0.15, 0.2) is 108 Å². The van der Waals surface area contributed by atoms with E-state index in [2.05, 4.69) is 122 Å². The fraction of sp³-hybridized carbons (Fsp3) is 0.348. The van der Waals surface area contributed by atoms with Gasteiger partial charge in [0.1, 0.15) is 11.2 Å². The van der Waals surface area contributed by atoms with Gasteiger partial charge in [-0.25, -0.2) is 0 Å². The molecule has 5 aromatic carbocycles. The first-order valence-corrected chi connectivity index (χ1v) is 18.6. The van der Waals surface area contributed by atoms with Gasteiger partial charge in [-0.3, -0.25) is 0 Å². The highest BCUT2D eigenvalue weighted by molar-refractivity contribution is 6.08. The Balaban J connectivity index is 1.13. The van der Waals surface area contributed by atoms with Crippen molar-refractivity contribution in [2.75, 3.05) is 4.90 Å². The van der Waals surface area contributed by atoms with Gasteiger partial charge in [0.05, 0.1) is 0 Å². The SMILES string of the molecule is CC1(C)c2ccccc2-c2ccc(N(c3ccc(C4CC5CCC4C5)cc3)c3ccc4oc5cccc(C6CCCCC6)c5c4c3)cc21. The molecule has 0 radical (unpaired) electrons. The number of benzene rings is 5. The second-order valence-electron chi connectivity index (χ2n) is 15.9. The minimum Gasteiger partial charge on any atom is -0.456 e. The molecule has 3 unspecified atom stereocenters. The van der Waals surface area contributed by atoms with Crippen molar-refractivity contribution in [1.82, 2.24) is 0 Å².